The average molecular weight is 347 g/mol. The maximum Gasteiger partial charge on any atom is 0.265 e. The van der Waals surface area contributed by atoms with Crippen molar-refractivity contribution in [2.75, 3.05) is 0 Å². The van der Waals surface area contributed by atoms with Gasteiger partial charge in [-0.3, -0.25) is 4.79 Å². The van der Waals surface area contributed by atoms with E-state index in [4.69, 9.17) is 4.42 Å². The summed E-state index contributed by atoms with van der Waals surface area (Å²) >= 11 is 3.32. The Morgan fingerprint density at radius 1 is 1.33 bits per heavy atom. The Hall–Kier alpha value is -1.88. The van der Waals surface area contributed by atoms with Gasteiger partial charge in [-0.05, 0) is 35.3 Å². The van der Waals surface area contributed by atoms with E-state index in [1.165, 1.54) is 0 Å². The highest BCUT2D eigenvalue weighted by Gasteiger charge is 2.17. The number of furan rings is 1. The van der Waals surface area contributed by atoms with Crippen LogP contribution in [0.4, 0.5) is 0 Å². The third-order valence-corrected chi connectivity index (χ3v) is 4.24. The largest absolute Gasteiger partial charge is 0.461 e. The number of para-hydroxylation sites is 1. The molecule has 0 radical (unpaired) electrons. The first kappa shape index (κ1) is 14.1. The van der Waals surface area contributed by atoms with Gasteiger partial charge in [-0.1, -0.05) is 31.5 Å². The topological polar surface area (TPSA) is 58.9 Å². The summed E-state index contributed by atoms with van der Waals surface area (Å²) in [6.07, 6.45) is 1.69. The summed E-state index contributed by atoms with van der Waals surface area (Å²) in [6.45, 7) is 3.95. The molecule has 0 saturated heterocycles. The normalized spacial score (nSPS) is 11.2. The van der Waals surface area contributed by atoms with Crippen molar-refractivity contribution in [1.82, 2.24) is 9.97 Å². The Morgan fingerprint density at radius 3 is 2.86 bits per heavy atom. The number of aromatic amines is 1. The standard InChI is InChI=1S/C16H15BrN2O2/c1-3-6-11-14(17)16(20)19-15(18-11)13-9(2)21-12-8-5-4-7-10(12)13/h4-5,7-8H,3,6H2,1-2H3,(H,18,19,20). The molecule has 0 amide bonds. The number of halogens is 1. The molecule has 0 atom stereocenters. The van der Waals surface area contributed by atoms with E-state index in [0.717, 1.165) is 40.8 Å². The van der Waals surface area contributed by atoms with Crippen LogP contribution in [0, 0.1) is 6.92 Å². The molecule has 0 aliphatic heterocycles. The number of fused-ring (bicyclic) bond motifs is 1. The number of aromatic nitrogens is 2. The zero-order valence-electron chi connectivity index (χ0n) is 11.9. The first-order chi connectivity index (χ1) is 10.1. The highest BCUT2D eigenvalue weighted by Crippen LogP contribution is 2.32. The molecule has 5 heteroatoms. The molecule has 2 heterocycles. The molecule has 1 aromatic carbocycles. The minimum absolute atomic E-state index is 0.159. The minimum Gasteiger partial charge on any atom is -0.461 e. The van der Waals surface area contributed by atoms with Crippen molar-refractivity contribution in [2.45, 2.75) is 26.7 Å². The molecule has 108 valence electrons. The first-order valence-electron chi connectivity index (χ1n) is 6.89. The number of aryl methyl sites for hydroxylation is 2. The lowest BCUT2D eigenvalue weighted by Crippen LogP contribution is -2.13. The van der Waals surface area contributed by atoms with Crippen LogP contribution >= 0.6 is 15.9 Å². The van der Waals surface area contributed by atoms with Crippen molar-refractivity contribution in [3.8, 4) is 11.4 Å². The molecule has 4 nitrogen and oxygen atoms in total. The molecule has 0 fully saturated rings. The van der Waals surface area contributed by atoms with E-state index in [1.807, 2.05) is 31.2 Å². The number of hydrogen-bond donors (Lipinski definition) is 1. The van der Waals surface area contributed by atoms with Crippen molar-refractivity contribution in [2.24, 2.45) is 0 Å². The van der Waals surface area contributed by atoms with Gasteiger partial charge in [-0.15, -0.1) is 0 Å². The highest BCUT2D eigenvalue weighted by atomic mass is 79.9. The summed E-state index contributed by atoms with van der Waals surface area (Å²) < 4.78 is 6.26. The van der Waals surface area contributed by atoms with E-state index in [1.54, 1.807) is 0 Å². The Kier molecular flexibility index (Phi) is 3.68. The van der Waals surface area contributed by atoms with Crippen molar-refractivity contribution in [3.05, 3.63) is 50.5 Å². The van der Waals surface area contributed by atoms with E-state index < -0.39 is 0 Å². The number of benzene rings is 1. The molecule has 0 spiro atoms. The van der Waals surface area contributed by atoms with Crippen molar-refractivity contribution < 1.29 is 4.42 Å². The maximum absolute atomic E-state index is 12.1. The van der Waals surface area contributed by atoms with Gasteiger partial charge in [-0.2, -0.15) is 0 Å². The van der Waals surface area contributed by atoms with Crippen LogP contribution in [-0.2, 0) is 6.42 Å². The summed E-state index contributed by atoms with van der Waals surface area (Å²) in [6, 6.07) is 7.76. The van der Waals surface area contributed by atoms with E-state index in [-0.39, 0.29) is 5.56 Å². The molecular weight excluding hydrogens is 332 g/mol. The second-order valence-electron chi connectivity index (χ2n) is 4.95. The van der Waals surface area contributed by atoms with Gasteiger partial charge >= 0.3 is 0 Å². The van der Waals surface area contributed by atoms with E-state index in [0.29, 0.717) is 10.3 Å². The number of H-pyrrole nitrogens is 1. The summed E-state index contributed by atoms with van der Waals surface area (Å²) in [5.74, 6) is 1.32. The van der Waals surface area contributed by atoms with Crippen LogP contribution in [-0.4, -0.2) is 9.97 Å². The molecule has 0 bridgehead atoms. The van der Waals surface area contributed by atoms with E-state index >= 15 is 0 Å². The highest BCUT2D eigenvalue weighted by molar-refractivity contribution is 9.10. The van der Waals surface area contributed by atoms with Crippen LogP contribution in [0.1, 0.15) is 24.8 Å². The monoisotopic (exact) mass is 346 g/mol. The smallest absolute Gasteiger partial charge is 0.265 e. The lowest BCUT2D eigenvalue weighted by molar-refractivity contribution is 0.579. The van der Waals surface area contributed by atoms with Gasteiger partial charge in [0.2, 0.25) is 0 Å². The lowest BCUT2D eigenvalue weighted by Gasteiger charge is -2.05. The first-order valence-corrected chi connectivity index (χ1v) is 7.68. The van der Waals surface area contributed by atoms with Crippen LogP contribution in [0.5, 0.6) is 0 Å². The number of hydrogen-bond acceptors (Lipinski definition) is 3. The van der Waals surface area contributed by atoms with Gasteiger partial charge in [0.15, 0.2) is 0 Å². The predicted octanol–water partition coefficient (Wildman–Crippen LogP) is 4.21. The number of nitrogens with zero attached hydrogens (tertiary/aromatic N) is 1. The molecular formula is C16H15BrN2O2. The second kappa shape index (κ2) is 5.48. The molecule has 0 unspecified atom stereocenters. The van der Waals surface area contributed by atoms with Gasteiger partial charge in [-0.25, -0.2) is 4.98 Å². The van der Waals surface area contributed by atoms with Crippen LogP contribution < -0.4 is 5.56 Å². The van der Waals surface area contributed by atoms with Crippen LogP contribution in [0.25, 0.3) is 22.4 Å². The predicted molar refractivity (Wildman–Crippen MR) is 86.5 cm³/mol. The summed E-state index contributed by atoms with van der Waals surface area (Å²) in [7, 11) is 0. The number of rotatable bonds is 3. The molecule has 0 aliphatic carbocycles. The minimum atomic E-state index is -0.159. The molecule has 3 aromatic rings. The van der Waals surface area contributed by atoms with Gasteiger partial charge in [0.1, 0.15) is 21.6 Å². The summed E-state index contributed by atoms with van der Waals surface area (Å²) in [4.78, 5) is 19.6. The SMILES string of the molecule is CCCc1nc(-c2c(C)oc3ccccc23)[nH]c(=O)c1Br. The van der Waals surface area contributed by atoms with Gasteiger partial charge in [0.25, 0.3) is 5.56 Å². The maximum atomic E-state index is 12.1. The van der Waals surface area contributed by atoms with Crippen molar-refractivity contribution in [1.29, 1.82) is 0 Å². The molecule has 21 heavy (non-hydrogen) atoms. The van der Waals surface area contributed by atoms with Gasteiger partial charge in [0.05, 0.1) is 11.3 Å². The Morgan fingerprint density at radius 2 is 2.10 bits per heavy atom. The fourth-order valence-corrected chi connectivity index (χ4v) is 2.87. The summed E-state index contributed by atoms with van der Waals surface area (Å²) in [5, 5.41) is 0.961. The molecule has 2 aromatic heterocycles. The Labute approximate surface area is 130 Å². The fourth-order valence-electron chi connectivity index (χ4n) is 2.49. The zero-order valence-corrected chi connectivity index (χ0v) is 13.5. The third-order valence-electron chi connectivity index (χ3n) is 3.43. The molecule has 1 N–H and O–H groups in total. The van der Waals surface area contributed by atoms with Crippen molar-refractivity contribution >= 4 is 26.9 Å². The van der Waals surface area contributed by atoms with Crippen molar-refractivity contribution in [3.63, 3.8) is 0 Å². The van der Waals surface area contributed by atoms with Crippen LogP contribution in [0.3, 0.4) is 0 Å². The Balaban J connectivity index is 2.28. The lowest BCUT2D eigenvalue weighted by atomic mass is 10.1. The van der Waals surface area contributed by atoms with E-state index in [2.05, 4.69) is 32.8 Å². The summed E-state index contributed by atoms with van der Waals surface area (Å²) in [5.41, 5.74) is 2.27. The second-order valence-corrected chi connectivity index (χ2v) is 5.75. The molecule has 3 rings (SSSR count). The zero-order chi connectivity index (χ0) is 15.0. The van der Waals surface area contributed by atoms with E-state index in [9.17, 15) is 4.79 Å². The van der Waals surface area contributed by atoms with Gasteiger partial charge < -0.3 is 9.40 Å². The quantitative estimate of drug-likeness (QED) is 0.772. The van der Waals surface area contributed by atoms with Crippen LogP contribution in [0.2, 0.25) is 0 Å². The number of nitrogens with one attached hydrogen (secondary N) is 1. The van der Waals surface area contributed by atoms with Crippen LogP contribution in [0.15, 0.2) is 37.9 Å². The Bertz CT molecular complexity index is 864. The molecule has 0 aliphatic rings. The fraction of sp³-hybridized carbons (Fsp3) is 0.250. The molecule has 0 saturated carbocycles. The van der Waals surface area contributed by atoms with Gasteiger partial charge in [0, 0.05) is 5.39 Å². The third kappa shape index (κ3) is 2.42. The average Bonchev–Trinajstić information content (AvgIpc) is 2.79.